The second-order valence-electron chi connectivity index (χ2n) is 4.79. The maximum Gasteiger partial charge on any atom is 0.193 e. The molecule has 0 aromatic heterocycles. The first-order chi connectivity index (χ1) is 8.20. The highest BCUT2D eigenvalue weighted by atomic mass is 127. The standard InChI is InChI=1S/C14H21N3.HI/c1-15-14(17(2)3)16-13-9-8-11-6-4-5-7-12(11)10-13;/h4-7,13H,8-10H2,1-3H3,(H,15,16);1H. The molecule has 1 aromatic carbocycles. The Bertz CT molecular complexity index is 415. The molecule has 18 heavy (non-hydrogen) atoms. The third-order valence-corrected chi connectivity index (χ3v) is 3.32. The topological polar surface area (TPSA) is 27.6 Å². The van der Waals surface area contributed by atoms with Crippen LogP contribution in [0.25, 0.3) is 0 Å². The van der Waals surface area contributed by atoms with Gasteiger partial charge in [-0.2, -0.15) is 0 Å². The number of hydrogen-bond donors (Lipinski definition) is 1. The lowest BCUT2D eigenvalue weighted by atomic mass is 9.88. The van der Waals surface area contributed by atoms with Crippen molar-refractivity contribution in [2.24, 2.45) is 4.99 Å². The van der Waals surface area contributed by atoms with Crippen LogP contribution >= 0.6 is 24.0 Å². The van der Waals surface area contributed by atoms with E-state index in [0.717, 1.165) is 18.8 Å². The Balaban J connectivity index is 0.00000162. The predicted octanol–water partition coefficient (Wildman–Crippen LogP) is 2.30. The second kappa shape index (κ2) is 6.97. The van der Waals surface area contributed by atoms with Crippen LogP contribution in [0.2, 0.25) is 0 Å². The number of benzene rings is 1. The number of nitrogens with zero attached hydrogens (tertiary/aromatic N) is 2. The van der Waals surface area contributed by atoms with Crippen molar-refractivity contribution in [1.82, 2.24) is 10.2 Å². The average Bonchev–Trinajstić information content (AvgIpc) is 2.35. The van der Waals surface area contributed by atoms with Crippen LogP contribution in [0.1, 0.15) is 17.5 Å². The van der Waals surface area contributed by atoms with Crippen molar-refractivity contribution in [3.63, 3.8) is 0 Å². The van der Waals surface area contributed by atoms with Gasteiger partial charge in [0.15, 0.2) is 5.96 Å². The molecule has 1 aromatic rings. The van der Waals surface area contributed by atoms with Crippen LogP contribution in [-0.4, -0.2) is 38.0 Å². The van der Waals surface area contributed by atoms with Crippen molar-refractivity contribution in [2.75, 3.05) is 21.1 Å². The Morgan fingerprint density at radius 2 is 1.94 bits per heavy atom. The van der Waals surface area contributed by atoms with E-state index < -0.39 is 0 Å². The van der Waals surface area contributed by atoms with Gasteiger partial charge in [0, 0.05) is 27.2 Å². The van der Waals surface area contributed by atoms with E-state index in [1.54, 1.807) is 0 Å². The summed E-state index contributed by atoms with van der Waals surface area (Å²) in [5.41, 5.74) is 2.98. The summed E-state index contributed by atoms with van der Waals surface area (Å²) in [6, 6.07) is 9.24. The van der Waals surface area contributed by atoms with E-state index in [1.807, 2.05) is 26.0 Å². The minimum absolute atomic E-state index is 0. The minimum Gasteiger partial charge on any atom is -0.353 e. The molecule has 0 radical (unpaired) electrons. The van der Waals surface area contributed by atoms with Crippen LogP contribution in [0.4, 0.5) is 0 Å². The molecule has 0 spiro atoms. The Morgan fingerprint density at radius 3 is 2.56 bits per heavy atom. The first kappa shape index (κ1) is 15.3. The molecule has 0 saturated carbocycles. The molecule has 0 amide bonds. The maximum atomic E-state index is 4.27. The molecule has 4 heteroatoms. The summed E-state index contributed by atoms with van der Waals surface area (Å²) in [5, 5.41) is 3.52. The number of rotatable bonds is 1. The van der Waals surface area contributed by atoms with Crippen LogP contribution in [0.3, 0.4) is 0 Å². The molecule has 1 aliphatic rings. The summed E-state index contributed by atoms with van der Waals surface area (Å²) in [4.78, 5) is 6.30. The van der Waals surface area contributed by atoms with Crippen molar-refractivity contribution < 1.29 is 0 Å². The summed E-state index contributed by atoms with van der Waals surface area (Å²) < 4.78 is 0. The van der Waals surface area contributed by atoms with Gasteiger partial charge in [-0.15, -0.1) is 24.0 Å². The van der Waals surface area contributed by atoms with Gasteiger partial charge < -0.3 is 10.2 Å². The second-order valence-corrected chi connectivity index (χ2v) is 4.79. The zero-order chi connectivity index (χ0) is 12.3. The molecule has 100 valence electrons. The Labute approximate surface area is 127 Å². The highest BCUT2D eigenvalue weighted by molar-refractivity contribution is 14.0. The van der Waals surface area contributed by atoms with Gasteiger partial charge in [0.1, 0.15) is 0 Å². The smallest absolute Gasteiger partial charge is 0.193 e. The maximum absolute atomic E-state index is 4.27. The lowest BCUT2D eigenvalue weighted by Crippen LogP contribution is -2.45. The lowest BCUT2D eigenvalue weighted by molar-refractivity contribution is 0.487. The normalized spacial score (nSPS) is 18.6. The summed E-state index contributed by atoms with van der Waals surface area (Å²) in [6.07, 6.45) is 3.45. The van der Waals surface area contributed by atoms with Crippen molar-refractivity contribution in [1.29, 1.82) is 0 Å². The summed E-state index contributed by atoms with van der Waals surface area (Å²) in [7, 11) is 5.87. The fraction of sp³-hybridized carbons (Fsp3) is 0.500. The van der Waals surface area contributed by atoms with E-state index >= 15 is 0 Å². The monoisotopic (exact) mass is 359 g/mol. The van der Waals surface area contributed by atoms with Gasteiger partial charge in [-0.05, 0) is 30.4 Å². The van der Waals surface area contributed by atoms with Crippen LogP contribution in [0.5, 0.6) is 0 Å². The quantitative estimate of drug-likeness (QED) is 0.473. The number of hydrogen-bond acceptors (Lipinski definition) is 1. The van der Waals surface area contributed by atoms with E-state index in [4.69, 9.17) is 0 Å². The van der Waals surface area contributed by atoms with E-state index in [-0.39, 0.29) is 24.0 Å². The molecule has 1 unspecified atom stereocenters. The molecule has 3 nitrogen and oxygen atoms in total. The summed E-state index contributed by atoms with van der Waals surface area (Å²) in [5.74, 6) is 0.967. The molecular formula is C14H22IN3. The number of nitrogens with one attached hydrogen (secondary N) is 1. The molecule has 1 aliphatic carbocycles. The fourth-order valence-electron chi connectivity index (χ4n) is 2.40. The van der Waals surface area contributed by atoms with Gasteiger partial charge in [-0.1, -0.05) is 24.3 Å². The molecule has 0 heterocycles. The molecule has 0 bridgehead atoms. The van der Waals surface area contributed by atoms with Gasteiger partial charge in [-0.3, -0.25) is 4.99 Å². The average molecular weight is 359 g/mol. The predicted molar refractivity (Wildman–Crippen MR) is 87.9 cm³/mol. The van der Waals surface area contributed by atoms with E-state index in [1.165, 1.54) is 17.5 Å². The number of aliphatic imine (C=N–C) groups is 1. The van der Waals surface area contributed by atoms with Gasteiger partial charge in [0.05, 0.1) is 0 Å². The molecular weight excluding hydrogens is 337 g/mol. The zero-order valence-electron chi connectivity index (χ0n) is 11.3. The Kier molecular flexibility index (Phi) is 5.91. The van der Waals surface area contributed by atoms with Crippen LogP contribution in [0, 0.1) is 0 Å². The largest absolute Gasteiger partial charge is 0.353 e. The summed E-state index contributed by atoms with van der Waals surface area (Å²) in [6.45, 7) is 0. The zero-order valence-corrected chi connectivity index (χ0v) is 13.6. The highest BCUT2D eigenvalue weighted by Crippen LogP contribution is 2.20. The molecule has 1 atom stereocenters. The number of aryl methyl sites for hydroxylation is 1. The van der Waals surface area contributed by atoms with Crippen molar-refractivity contribution in [2.45, 2.75) is 25.3 Å². The third kappa shape index (κ3) is 3.60. The molecule has 1 N–H and O–H groups in total. The van der Waals surface area contributed by atoms with Crippen LogP contribution in [-0.2, 0) is 12.8 Å². The van der Waals surface area contributed by atoms with Gasteiger partial charge in [0.2, 0.25) is 0 Å². The van der Waals surface area contributed by atoms with Crippen molar-refractivity contribution in [3.05, 3.63) is 35.4 Å². The van der Waals surface area contributed by atoms with Crippen molar-refractivity contribution >= 4 is 29.9 Å². The molecule has 0 aliphatic heterocycles. The highest BCUT2D eigenvalue weighted by Gasteiger charge is 2.19. The van der Waals surface area contributed by atoms with Gasteiger partial charge in [0.25, 0.3) is 0 Å². The lowest BCUT2D eigenvalue weighted by Gasteiger charge is -2.28. The van der Waals surface area contributed by atoms with E-state index in [2.05, 4.69) is 34.6 Å². The van der Waals surface area contributed by atoms with Gasteiger partial charge in [-0.25, -0.2) is 0 Å². The SMILES string of the molecule is CN=C(NC1CCc2ccccc2C1)N(C)C.I. The molecule has 2 rings (SSSR count). The first-order valence-electron chi connectivity index (χ1n) is 6.18. The first-order valence-corrected chi connectivity index (χ1v) is 6.18. The van der Waals surface area contributed by atoms with Crippen LogP contribution < -0.4 is 5.32 Å². The van der Waals surface area contributed by atoms with E-state index in [9.17, 15) is 0 Å². The minimum atomic E-state index is 0. The number of halogens is 1. The van der Waals surface area contributed by atoms with E-state index in [0.29, 0.717) is 6.04 Å². The van der Waals surface area contributed by atoms with Crippen molar-refractivity contribution in [3.8, 4) is 0 Å². The third-order valence-electron chi connectivity index (χ3n) is 3.32. The van der Waals surface area contributed by atoms with Crippen LogP contribution in [0.15, 0.2) is 29.3 Å². The number of guanidine groups is 1. The molecule has 0 saturated heterocycles. The Hall–Kier alpha value is -0.780. The molecule has 0 fully saturated rings. The summed E-state index contributed by atoms with van der Waals surface area (Å²) >= 11 is 0. The Morgan fingerprint density at radius 1 is 1.28 bits per heavy atom. The van der Waals surface area contributed by atoms with Gasteiger partial charge >= 0.3 is 0 Å². The fourth-order valence-corrected chi connectivity index (χ4v) is 2.40. The number of fused-ring (bicyclic) bond motifs is 1.